The minimum atomic E-state index is -0.237. The van der Waals surface area contributed by atoms with E-state index >= 15 is 0 Å². The largest absolute Gasteiger partial charge is 0.462 e. The second-order valence-electron chi connectivity index (χ2n) is 8.18. The van der Waals surface area contributed by atoms with Crippen molar-refractivity contribution in [2.75, 3.05) is 6.61 Å². The Morgan fingerprint density at radius 1 is 0.786 bits per heavy atom. The molecule has 1 aliphatic rings. The Bertz CT molecular complexity index is 514. The summed E-state index contributed by atoms with van der Waals surface area (Å²) in [5, 5.41) is 0. The van der Waals surface area contributed by atoms with Gasteiger partial charge in [0.15, 0.2) is 0 Å². The first-order chi connectivity index (χ1) is 13.8. The topological polar surface area (TPSA) is 38.8 Å². The van der Waals surface area contributed by atoms with Crippen LogP contribution in [0.4, 0.5) is 0 Å². The van der Waals surface area contributed by atoms with Gasteiger partial charge in [0.2, 0.25) is 0 Å². The highest BCUT2D eigenvalue weighted by atomic mass is 16.6. The molecule has 0 aromatic heterocycles. The number of esters is 1. The summed E-state index contributed by atoms with van der Waals surface area (Å²) >= 11 is 0. The molecule has 158 valence electrons. The summed E-state index contributed by atoms with van der Waals surface area (Å²) in [6.07, 6.45) is 19.3. The third-order valence-electron chi connectivity index (χ3n) is 5.67. The summed E-state index contributed by atoms with van der Waals surface area (Å²) in [6.45, 7) is 2.73. The molecule has 28 heavy (non-hydrogen) atoms. The SMILES string of the molecule is CCCCCCCCCCCCCCC1OC1CCOC(=O)c1ccccc1. The van der Waals surface area contributed by atoms with Crippen molar-refractivity contribution in [3.63, 3.8) is 0 Å². The lowest BCUT2D eigenvalue weighted by atomic mass is 10.0. The maximum absolute atomic E-state index is 11.9. The quantitative estimate of drug-likeness (QED) is 0.162. The first-order valence-electron chi connectivity index (χ1n) is 11.7. The van der Waals surface area contributed by atoms with E-state index in [-0.39, 0.29) is 5.97 Å². The Morgan fingerprint density at radius 3 is 1.93 bits per heavy atom. The molecular formula is C25H40O3. The van der Waals surface area contributed by atoms with E-state index in [1.54, 1.807) is 12.1 Å². The normalized spacial score (nSPS) is 18.2. The van der Waals surface area contributed by atoms with E-state index in [4.69, 9.17) is 9.47 Å². The molecule has 0 N–H and O–H groups in total. The molecule has 2 atom stereocenters. The van der Waals surface area contributed by atoms with Gasteiger partial charge in [-0.1, -0.05) is 102 Å². The monoisotopic (exact) mass is 388 g/mol. The molecule has 1 fully saturated rings. The molecule has 0 bridgehead atoms. The van der Waals surface area contributed by atoms with Gasteiger partial charge in [-0.25, -0.2) is 4.79 Å². The van der Waals surface area contributed by atoms with E-state index in [9.17, 15) is 4.79 Å². The Hall–Kier alpha value is -1.35. The number of unbranched alkanes of at least 4 members (excludes halogenated alkanes) is 11. The molecule has 1 aromatic rings. The molecule has 3 heteroatoms. The van der Waals surface area contributed by atoms with Crippen molar-refractivity contribution in [3.8, 4) is 0 Å². The third kappa shape index (κ3) is 10.3. The van der Waals surface area contributed by atoms with E-state index in [1.165, 1.54) is 77.0 Å². The van der Waals surface area contributed by atoms with Crippen LogP contribution >= 0.6 is 0 Å². The van der Waals surface area contributed by atoms with Gasteiger partial charge in [0.25, 0.3) is 0 Å². The fourth-order valence-corrected chi connectivity index (χ4v) is 3.80. The molecule has 2 unspecified atom stereocenters. The molecule has 3 nitrogen and oxygen atoms in total. The van der Waals surface area contributed by atoms with Crippen LogP contribution in [0, 0.1) is 0 Å². The van der Waals surface area contributed by atoms with Gasteiger partial charge in [0, 0.05) is 6.42 Å². The molecule has 0 aliphatic carbocycles. The van der Waals surface area contributed by atoms with Crippen LogP contribution in [0.15, 0.2) is 30.3 Å². The molecular weight excluding hydrogens is 348 g/mol. The highest BCUT2D eigenvalue weighted by Crippen LogP contribution is 2.30. The van der Waals surface area contributed by atoms with Crippen LogP contribution in [0.25, 0.3) is 0 Å². The first-order valence-corrected chi connectivity index (χ1v) is 11.7. The maximum Gasteiger partial charge on any atom is 0.338 e. The van der Waals surface area contributed by atoms with Crippen molar-refractivity contribution in [2.24, 2.45) is 0 Å². The lowest BCUT2D eigenvalue weighted by Gasteiger charge is -2.03. The highest BCUT2D eigenvalue weighted by Gasteiger charge is 2.37. The average Bonchev–Trinajstić information content (AvgIpc) is 3.47. The minimum Gasteiger partial charge on any atom is -0.462 e. The van der Waals surface area contributed by atoms with Gasteiger partial charge < -0.3 is 9.47 Å². The van der Waals surface area contributed by atoms with Crippen LogP contribution in [0.3, 0.4) is 0 Å². The number of hydrogen-bond acceptors (Lipinski definition) is 3. The van der Waals surface area contributed by atoms with Crippen molar-refractivity contribution in [2.45, 2.75) is 109 Å². The molecule has 1 aliphatic heterocycles. The predicted molar refractivity (Wildman–Crippen MR) is 116 cm³/mol. The predicted octanol–water partition coefficient (Wildman–Crippen LogP) is 7.09. The van der Waals surface area contributed by atoms with Crippen LogP contribution in [0.2, 0.25) is 0 Å². The van der Waals surface area contributed by atoms with E-state index in [0.717, 1.165) is 12.8 Å². The maximum atomic E-state index is 11.9. The van der Waals surface area contributed by atoms with Gasteiger partial charge in [-0.2, -0.15) is 0 Å². The number of ether oxygens (including phenoxy) is 2. The van der Waals surface area contributed by atoms with Crippen molar-refractivity contribution in [1.82, 2.24) is 0 Å². The Morgan fingerprint density at radius 2 is 1.32 bits per heavy atom. The second-order valence-corrected chi connectivity index (χ2v) is 8.18. The standard InChI is InChI=1S/C25H40O3/c1-2-3-4-5-6-7-8-9-10-11-12-16-19-23-24(28-23)20-21-27-25(26)22-17-14-13-15-18-22/h13-15,17-18,23-24H,2-12,16,19-21H2,1H3. The number of carbonyl (C=O) groups excluding carboxylic acids is 1. The Labute approximate surface area is 172 Å². The third-order valence-corrected chi connectivity index (χ3v) is 5.67. The summed E-state index contributed by atoms with van der Waals surface area (Å²) < 4.78 is 11.0. The van der Waals surface area contributed by atoms with Gasteiger partial charge in [-0.05, 0) is 18.6 Å². The number of rotatable bonds is 17. The van der Waals surface area contributed by atoms with Crippen molar-refractivity contribution in [3.05, 3.63) is 35.9 Å². The fourth-order valence-electron chi connectivity index (χ4n) is 3.80. The molecule has 0 spiro atoms. The number of epoxide rings is 1. The van der Waals surface area contributed by atoms with Gasteiger partial charge in [0.05, 0.1) is 24.4 Å². The number of hydrogen-bond donors (Lipinski definition) is 0. The summed E-state index contributed by atoms with van der Waals surface area (Å²) in [5.74, 6) is -0.237. The number of carbonyl (C=O) groups is 1. The van der Waals surface area contributed by atoms with E-state index in [0.29, 0.717) is 24.4 Å². The van der Waals surface area contributed by atoms with E-state index in [2.05, 4.69) is 6.92 Å². The molecule has 1 heterocycles. The second kappa shape index (κ2) is 14.6. The first kappa shape index (κ1) is 22.9. The van der Waals surface area contributed by atoms with Crippen molar-refractivity contribution in [1.29, 1.82) is 0 Å². The molecule has 1 saturated heterocycles. The van der Waals surface area contributed by atoms with Crippen LogP contribution < -0.4 is 0 Å². The lowest BCUT2D eigenvalue weighted by molar-refractivity contribution is 0.0493. The van der Waals surface area contributed by atoms with Gasteiger partial charge in [0.1, 0.15) is 0 Å². The summed E-state index contributed by atoms with van der Waals surface area (Å²) in [4.78, 5) is 11.9. The smallest absolute Gasteiger partial charge is 0.338 e. The van der Waals surface area contributed by atoms with Gasteiger partial charge in [-0.15, -0.1) is 0 Å². The molecule has 0 amide bonds. The Balaban J connectivity index is 1.33. The van der Waals surface area contributed by atoms with Crippen LogP contribution in [0.1, 0.15) is 107 Å². The van der Waals surface area contributed by atoms with Gasteiger partial charge >= 0.3 is 5.97 Å². The van der Waals surface area contributed by atoms with E-state index < -0.39 is 0 Å². The average molecular weight is 389 g/mol. The Kier molecular flexibility index (Phi) is 12.0. The highest BCUT2D eigenvalue weighted by molar-refractivity contribution is 5.89. The van der Waals surface area contributed by atoms with Gasteiger partial charge in [-0.3, -0.25) is 0 Å². The summed E-state index contributed by atoms with van der Waals surface area (Å²) in [5.41, 5.74) is 0.618. The minimum absolute atomic E-state index is 0.237. The molecule has 2 rings (SSSR count). The van der Waals surface area contributed by atoms with Crippen LogP contribution in [-0.2, 0) is 9.47 Å². The fraction of sp³-hybridized carbons (Fsp3) is 0.720. The summed E-state index contributed by atoms with van der Waals surface area (Å²) in [6, 6.07) is 9.17. The zero-order valence-electron chi connectivity index (χ0n) is 17.9. The summed E-state index contributed by atoms with van der Waals surface area (Å²) in [7, 11) is 0. The molecule has 1 aromatic carbocycles. The molecule has 0 radical (unpaired) electrons. The van der Waals surface area contributed by atoms with Crippen molar-refractivity contribution < 1.29 is 14.3 Å². The zero-order chi connectivity index (χ0) is 19.9. The van der Waals surface area contributed by atoms with Crippen LogP contribution in [-0.4, -0.2) is 24.8 Å². The zero-order valence-corrected chi connectivity index (χ0v) is 17.9. The number of benzene rings is 1. The van der Waals surface area contributed by atoms with Crippen LogP contribution in [0.5, 0.6) is 0 Å². The van der Waals surface area contributed by atoms with Crippen molar-refractivity contribution >= 4 is 5.97 Å². The van der Waals surface area contributed by atoms with E-state index in [1.807, 2.05) is 18.2 Å². The lowest BCUT2D eigenvalue weighted by Crippen LogP contribution is -2.08. The molecule has 0 saturated carbocycles.